The first-order chi connectivity index (χ1) is 16.1. The number of hydrogen-bond acceptors (Lipinski definition) is 6. The van der Waals surface area contributed by atoms with Crippen molar-refractivity contribution in [2.75, 3.05) is 18.4 Å². The van der Waals surface area contributed by atoms with Crippen molar-refractivity contribution < 1.29 is 9.53 Å². The highest BCUT2D eigenvalue weighted by Gasteiger charge is 2.25. The van der Waals surface area contributed by atoms with Gasteiger partial charge in [0, 0.05) is 31.7 Å². The van der Waals surface area contributed by atoms with Crippen molar-refractivity contribution in [2.24, 2.45) is 5.92 Å². The highest BCUT2D eigenvalue weighted by molar-refractivity contribution is 5.88. The molecule has 2 fully saturated rings. The standard InChI is InChI=1S/C25H26N6O2/c1-17-16-31(25(32)29-23-6-3-10-28-30-23)11-9-20(17)12-18-4-2-5-22(13-18)33-24-26-14-21(15-27-24)19-7-8-19/h2-6,10,12-15,17,19H,7-9,11,16H2,1H3,(H,29,30,32). The number of piperidine rings is 1. The Morgan fingerprint density at radius 1 is 1.18 bits per heavy atom. The number of hydrogen-bond donors (Lipinski definition) is 1. The third-order valence-corrected chi connectivity index (χ3v) is 6.01. The monoisotopic (exact) mass is 442 g/mol. The average molecular weight is 443 g/mol. The summed E-state index contributed by atoms with van der Waals surface area (Å²) in [5.41, 5.74) is 3.55. The quantitative estimate of drug-likeness (QED) is 0.604. The molecule has 1 atom stereocenters. The van der Waals surface area contributed by atoms with Gasteiger partial charge < -0.3 is 9.64 Å². The molecule has 0 spiro atoms. The maximum absolute atomic E-state index is 12.6. The fourth-order valence-corrected chi connectivity index (χ4v) is 4.00. The van der Waals surface area contributed by atoms with Gasteiger partial charge in [-0.25, -0.2) is 14.8 Å². The molecule has 0 bridgehead atoms. The Balaban J connectivity index is 1.21. The van der Waals surface area contributed by atoms with Gasteiger partial charge in [-0.2, -0.15) is 5.10 Å². The first-order valence-electron chi connectivity index (χ1n) is 11.3. The molecule has 33 heavy (non-hydrogen) atoms. The van der Waals surface area contributed by atoms with Crippen molar-refractivity contribution in [1.29, 1.82) is 0 Å². The summed E-state index contributed by atoms with van der Waals surface area (Å²) in [6.45, 7) is 3.44. The molecule has 1 aromatic carbocycles. The SMILES string of the molecule is CC1CN(C(=O)Nc2cccnn2)CCC1=Cc1cccc(Oc2ncc(C3CC3)cn2)c1. The highest BCUT2D eigenvalue weighted by Crippen LogP contribution is 2.39. The molecule has 3 aromatic rings. The van der Waals surface area contributed by atoms with E-state index >= 15 is 0 Å². The van der Waals surface area contributed by atoms with Crippen molar-refractivity contribution in [3.8, 4) is 11.8 Å². The van der Waals surface area contributed by atoms with Crippen LogP contribution in [0.1, 0.15) is 43.2 Å². The van der Waals surface area contributed by atoms with Crippen LogP contribution in [0.2, 0.25) is 0 Å². The summed E-state index contributed by atoms with van der Waals surface area (Å²) < 4.78 is 5.87. The Morgan fingerprint density at radius 2 is 2.03 bits per heavy atom. The lowest BCUT2D eigenvalue weighted by atomic mass is 9.91. The molecule has 2 amide bonds. The second-order valence-corrected chi connectivity index (χ2v) is 8.60. The summed E-state index contributed by atoms with van der Waals surface area (Å²) in [5.74, 6) is 2.03. The number of likely N-dealkylation sites (tertiary alicyclic amines) is 1. The lowest BCUT2D eigenvalue weighted by Gasteiger charge is -2.33. The van der Waals surface area contributed by atoms with Gasteiger partial charge in [-0.05, 0) is 66.5 Å². The van der Waals surface area contributed by atoms with Crippen LogP contribution in [-0.2, 0) is 0 Å². The molecule has 8 nitrogen and oxygen atoms in total. The number of amides is 2. The molecule has 1 saturated heterocycles. The maximum Gasteiger partial charge on any atom is 0.323 e. The molecule has 5 rings (SSSR count). The van der Waals surface area contributed by atoms with E-state index in [-0.39, 0.29) is 11.9 Å². The second-order valence-electron chi connectivity index (χ2n) is 8.60. The Morgan fingerprint density at radius 3 is 2.76 bits per heavy atom. The Hall–Kier alpha value is -3.81. The van der Waals surface area contributed by atoms with Gasteiger partial charge in [0.2, 0.25) is 0 Å². The van der Waals surface area contributed by atoms with Crippen molar-refractivity contribution in [1.82, 2.24) is 25.1 Å². The third-order valence-electron chi connectivity index (χ3n) is 6.01. The summed E-state index contributed by atoms with van der Waals surface area (Å²) in [5, 5.41) is 10.5. The number of carbonyl (C=O) groups is 1. The molecule has 3 heterocycles. The van der Waals surface area contributed by atoms with Crippen LogP contribution in [0, 0.1) is 5.92 Å². The summed E-state index contributed by atoms with van der Waals surface area (Å²) in [7, 11) is 0. The molecule has 2 aliphatic rings. The number of benzene rings is 1. The van der Waals surface area contributed by atoms with Crippen molar-refractivity contribution in [2.45, 2.75) is 32.1 Å². The Kier molecular flexibility index (Phi) is 5.97. The summed E-state index contributed by atoms with van der Waals surface area (Å²) in [6, 6.07) is 11.6. The normalized spacial score (nSPS) is 19.4. The molecule has 1 N–H and O–H groups in total. The van der Waals surface area contributed by atoms with Gasteiger partial charge in [-0.1, -0.05) is 30.7 Å². The van der Waals surface area contributed by atoms with Crippen LogP contribution in [0.15, 0.2) is 60.6 Å². The summed E-state index contributed by atoms with van der Waals surface area (Å²) in [6.07, 6.45) is 10.8. The van der Waals surface area contributed by atoms with Gasteiger partial charge in [0.05, 0.1) is 0 Å². The van der Waals surface area contributed by atoms with Gasteiger partial charge in [0.15, 0.2) is 5.82 Å². The molecular formula is C25H26N6O2. The van der Waals surface area contributed by atoms with Crippen LogP contribution >= 0.6 is 0 Å². The van der Waals surface area contributed by atoms with E-state index < -0.39 is 0 Å². The predicted molar refractivity (Wildman–Crippen MR) is 125 cm³/mol. The number of nitrogens with one attached hydrogen (secondary N) is 1. The zero-order valence-electron chi connectivity index (χ0n) is 18.5. The van der Waals surface area contributed by atoms with E-state index in [1.54, 1.807) is 18.3 Å². The van der Waals surface area contributed by atoms with Gasteiger partial charge in [0.25, 0.3) is 0 Å². The van der Waals surface area contributed by atoms with Gasteiger partial charge in [0.1, 0.15) is 5.75 Å². The number of anilines is 1. The Bertz CT molecular complexity index is 1150. The largest absolute Gasteiger partial charge is 0.424 e. The van der Waals surface area contributed by atoms with Crippen LogP contribution in [-0.4, -0.2) is 44.2 Å². The van der Waals surface area contributed by atoms with E-state index in [1.807, 2.05) is 35.5 Å². The second kappa shape index (κ2) is 9.36. The smallest absolute Gasteiger partial charge is 0.323 e. The van der Waals surface area contributed by atoms with E-state index in [0.29, 0.717) is 36.6 Å². The molecule has 2 aromatic heterocycles. The highest BCUT2D eigenvalue weighted by atomic mass is 16.5. The lowest BCUT2D eigenvalue weighted by Crippen LogP contribution is -2.42. The molecule has 1 aliphatic heterocycles. The van der Waals surface area contributed by atoms with E-state index in [9.17, 15) is 4.79 Å². The van der Waals surface area contributed by atoms with Crippen LogP contribution in [0.25, 0.3) is 6.08 Å². The van der Waals surface area contributed by atoms with Gasteiger partial charge in [-0.3, -0.25) is 5.32 Å². The van der Waals surface area contributed by atoms with Crippen LogP contribution in [0.5, 0.6) is 11.8 Å². The minimum Gasteiger partial charge on any atom is -0.424 e. The van der Waals surface area contributed by atoms with Crippen LogP contribution in [0.3, 0.4) is 0 Å². The molecule has 168 valence electrons. The summed E-state index contributed by atoms with van der Waals surface area (Å²) in [4.78, 5) is 23.1. The number of carbonyl (C=O) groups excluding carboxylic acids is 1. The fraction of sp³-hybridized carbons (Fsp3) is 0.320. The third kappa shape index (κ3) is 5.34. The molecule has 1 saturated carbocycles. The number of nitrogens with zero attached hydrogens (tertiary/aromatic N) is 5. The fourth-order valence-electron chi connectivity index (χ4n) is 4.00. The lowest BCUT2D eigenvalue weighted by molar-refractivity contribution is 0.197. The van der Waals surface area contributed by atoms with E-state index in [1.165, 1.54) is 24.0 Å². The first kappa shape index (κ1) is 21.1. The number of urea groups is 1. The number of aromatic nitrogens is 4. The molecular weight excluding hydrogens is 416 g/mol. The van der Waals surface area contributed by atoms with Gasteiger partial charge >= 0.3 is 12.0 Å². The average Bonchev–Trinajstić information content (AvgIpc) is 3.67. The van der Waals surface area contributed by atoms with Crippen molar-refractivity contribution >= 4 is 17.9 Å². The minimum atomic E-state index is -0.149. The van der Waals surface area contributed by atoms with Crippen molar-refractivity contribution in [3.05, 3.63) is 71.7 Å². The topological polar surface area (TPSA) is 93.1 Å². The zero-order chi connectivity index (χ0) is 22.6. The summed E-state index contributed by atoms with van der Waals surface area (Å²) >= 11 is 0. The van der Waals surface area contributed by atoms with Gasteiger partial charge in [-0.15, -0.1) is 5.10 Å². The number of rotatable bonds is 5. The van der Waals surface area contributed by atoms with E-state index in [4.69, 9.17) is 4.74 Å². The molecule has 1 aliphatic carbocycles. The molecule has 0 radical (unpaired) electrons. The van der Waals surface area contributed by atoms with E-state index in [0.717, 1.165) is 12.0 Å². The number of ether oxygens (including phenoxy) is 1. The zero-order valence-corrected chi connectivity index (χ0v) is 18.5. The molecule has 8 heteroatoms. The first-order valence-corrected chi connectivity index (χ1v) is 11.3. The minimum absolute atomic E-state index is 0.149. The maximum atomic E-state index is 12.6. The van der Waals surface area contributed by atoms with Crippen LogP contribution < -0.4 is 10.1 Å². The van der Waals surface area contributed by atoms with Crippen LogP contribution in [0.4, 0.5) is 10.6 Å². The van der Waals surface area contributed by atoms with E-state index in [2.05, 4.69) is 44.5 Å². The Labute approximate surface area is 192 Å². The van der Waals surface area contributed by atoms with Crippen molar-refractivity contribution in [3.63, 3.8) is 0 Å². The predicted octanol–water partition coefficient (Wildman–Crippen LogP) is 4.89. The molecule has 1 unspecified atom stereocenters.